The topological polar surface area (TPSA) is 26.0 Å². The quantitative estimate of drug-likeness (QED) is 0.590. The van der Waals surface area contributed by atoms with Crippen LogP contribution in [-0.4, -0.2) is 6.04 Å². The molecule has 0 saturated heterocycles. The molecule has 0 amide bonds. The van der Waals surface area contributed by atoms with Crippen molar-refractivity contribution < 1.29 is 0 Å². The minimum absolute atomic E-state index is 0.444. The molecular weight excluding hydrogens is 182 g/mol. The van der Waals surface area contributed by atoms with Crippen LogP contribution >= 0.6 is 0 Å². The highest BCUT2D eigenvalue weighted by Crippen LogP contribution is 2.22. The van der Waals surface area contributed by atoms with Gasteiger partial charge in [-0.1, -0.05) is 59.8 Å². The Morgan fingerprint density at radius 3 is 2.00 bits per heavy atom. The van der Waals surface area contributed by atoms with Gasteiger partial charge < -0.3 is 5.73 Å². The molecule has 0 aliphatic carbocycles. The maximum Gasteiger partial charge on any atom is 0.00362 e. The molecule has 0 spiro atoms. The number of hydrogen-bond donors (Lipinski definition) is 1. The van der Waals surface area contributed by atoms with E-state index in [2.05, 4.69) is 27.7 Å². The van der Waals surface area contributed by atoms with Crippen molar-refractivity contribution in [3.63, 3.8) is 0 Å². The molecule has 92 valence electrons. The summed E-state index contributed by atoms with van der Waals surface area (Å²) in [7, 11) is 0. The fraction of sp³-hybridized carbons (Fsp3) is 1.00. The van der Waals surface area contributed by atoms with E-state index in [-0.39, 0.29) is 0 Å². The third-order valence-corrected chi connectivity index (χ3v) is 3.03. The summed E-state index contributed by atoms with van der Waals surface area (Å²) in [6, 6.07) is 0.444. The third-order valence-electron chi connectivity index (χ3n) is 3.03. The standard InChI is InChI=1S/C14H31N/c1-5-13(15)11-9-7-6-8-10-12-14(2,3)4/h13H,5-12,15H2,1-4H3. The highest BCUT2D eigenvalue weighted by atomic mass is 14.6. The first-order valence-corrected chi connectivity index (χ1v) is 6.71. The predicted octanol–water partition coefficient (Wildman–Crippen LogP) is 4.50. The van der Waals surface area contributed by atoms with Gasteiger partial charge in [-0.3, -0.25) is 0 Å². The van der Waals surface area contributed by atoms with Gasteiger partial charge >= 0.3 is 0 Å². The Morgan fingerprint density at radius 1 is 0.933 bits per heavy atom. The lowest BCUT2D eigenvalue weighted by atomic mass is 9.89. The molecule has 1 nitrogen and oxygen atoms in total. The molecule has 1 unspecified atom stereocenters. The molecule has 0 aliphatic rings. The summed E-state index contributed by atoms with van der Waals surface area (Å²) >= 11 is 0. The zero-order valence-electron chi connectivity index (χ0n) is 11.3. The maximum absolute atomic E-state index is 5.87. The van der Waals surface area contributed by atoms with Gasteiger partial charge in [0.25, 0.3) is 0 Å². The van der Waals surface area contributed by atoms with Crippen LogP contribution in [0.3, 0.4) is 0 Å². The molecule has 0 aromatic heterocycles. The summed E-state index contributed by atoms with van der Waals surface area (Å²) in [5.74, 6) is 0. The van der Waals surface area contributed by atoms with Gasteiger partial charge in [-0.15, -0.1) is 0 Å². The summed E-state index contributed by atoms with van der Waals surface area (Å²) in [6.45, 7) is 9.15. The molecule has 0 aromatic carbocycles. The molecule has 1 atom stereocenters. The van der Waals surface area contributed by atoms with Crippen molar-refractivity contribution in [2.75, 3.05) is 0 Å². The van der Waals surface area contributed by atoms with Crippen molar-refractivity contribution in [2.45, 2.75) is 85.1 Å². The van der Waals surface area contributed by atoms with Crippen LogP contribution in [0.5, 0.6) is 0 Å². The maximum atomic E-state index is 5.87. The van der Waals surface area contributed by atoms with Gasteiger partial charge in [-0.2, -0.15) is 0 Å². The van der Waals surface area contributed by atoms with Crippen molar-refractivity contribution in [1.29, 1.82) is 0 Å². The first-order valence-electron chi connectivity index (χ1n) is 6.71. The van der Waals surface area contributed by atoms with Gasteiger partial charge in [0, 0.05) is 6.04 Å². The molecule has 0 aliphatic heterocycles. The van der Waals surface area contributed by atoms with Crippen LogP contribution in [0.1, 0.15) is 79.1 Å². The van der Waals surface area contributed by atoms with Crippen LogP contribution in [0.25, 0.3) is 0 Å². The lowest BCUT2D eigenvalue weighted by Gasteiger charge is -2.17. The van der Waals surface area contributed by atoms with E-state index in [4.69, 9.17) is 5.73 Å². The first kappa shape index (κ1) is 15.0. The fourth-order valence-corrected chi connectivity index (χ4v) is 1.80. The molecule has 2 N–H and O–H groups in total. The Kier molecular flexibility index (Phi) is 8.13. The van der Waals surface area contributed by atoms with Crippen molar-refractivity contribution in [2.24, 2.45) is 11.1 Å². The summed E-state index contributed by atoms with van der Waals surface area (Å²) in [5.41, 5.74) is 6.39. The van der Waals surface area contributed by atoms with Crippen LogP contribution < -0.4 is 5.73 Å². The van der Waals surface area contributed by atoms with Crippen LogP contribution in [0.15, 0.2) is 0 Å². The molecule has 0 bridgehead atoms. The lowest BCUT2D eigenvalue weighted by molar-refractivity contribution is 0.356. The van der Waals surface area contributed by atoms with Gasteiger partial charge in [0.2, 0.25) is 0 Å². The normalized spacial score (nSPS) is 14.2. The smallest absolute Gasteiger partial charge is 0.00362 e. The second-order valence-electron chi connectivity index (χ2n) is 6.04. The minimum Gasteiger partial charge on any atom is -0.328 e. The van der Waals surface area contributed by atoms with Crippen molar-refractivity contribution >= 4 is 0 Å². The second-order valence-corrected chi connectivity index (χ2v) is 6.04. The van der Waals surface area contributed by atoms with E-state index in [1.807, 2.05) is 0 Å². The van der Waals surface area contributed by atoms with Crippen LogP contribution in [0.4, 0.5) is 0 Å². The largest absolute Gasteiger partial charge is 0.328 e. The van der Waals surface area contributed by atoms with E-state index >= 15 is 0 Å². The number of rotatable bonds is 8. The zero-order valence-corrected chi connectivity index (χ0v) is 11.3. The number of unbranched alkanes of at least 4 members (excludes halogenated alkanes) is 4. The summed E-state index contributed by atoms with van der Waals surface area (Å²) < 4.78 is 0. The molecule has 0 fully saturated rings. The SMILES string of the molecule is CCC(N)CCCCCCCC(C)(C)C. The Labute approximate surface area is 96.8 Å². The highest BCUT2D eigenvalue weighted by molar-refractivity contribution is 4.62. The Morgan fingerprint density at radius 2 is 1.47 bits per heavy atom. The van der Waals surface area contributed by atoms with Crippen LogP contribution in [0.2, 0.25) is 0 Å². The molecule has 1 heteroatoms. The summed E-state index contributed by atoms with van der Waals surface area (Å²) in [5, 5.41) is 0. The van der Waals surface area contributed by atoms with Gasteiger partial charge in [0.05, 0.1) is 0 Å². The summed E-state index contributed by atoms with van der Waals surface area (Å²) in [6.07, 6.45) is 10.6. The van der Waals surface area contributed by atoms with E-state index in [9.17, 15) is 0 Å². The van der Waals surface area contributed by atoms with Gasteiger partial charge in [0.1, 0.15) is 0 Å². The zero-order chi connectivity index (χ0) is 11.7. The average molecular weight is 213 g/mol. The van der Waals surface area contributed by atoms with E-state index in [1.54, 1.807) is 0 Å². The van der Waals surface area contributed by atoms with E-state index < -0.39 is 0 Å². The average Bonchev–Trinajstić information content (AvgIpc) is 2.14. The van der Waals surface area contributed by atoms with Crippen molar-refractivity contribution in [3.8, 4) is 0 Å². The minimum atomic E-state index is 0.444. The Bertz CT molecular complexity index is 135. The number of hydrogen-bond acceptors (Lipinski definition) is 1. The van der Waals surface area contributed by atoms with Gasteiger partial charge in [0.15, 0.2) is 0 Å². The van der Waals surface area contributed by atoms with Gasteiger partial charge in [-0.05, 0) is 24.7 Å². The van der Waals surface area contributed by atoms with Crippen LogP contribution in [-0.2, 0) is 0 Å². The van der Waals surface area contributed by atoms with E-state index in [1.165, 1.54) is 44.9 Å². The third kappa shape index (κ3) is 11.9. The monoisotopic (exact) mass is 213 g/mol. The summed E-state index contributed by atoms with van der Waals surface area (Å²) in [4.78, 5) is 0. The molecular formula is C14H31N. The Hall–Kier alpha value is -0.0400. The number of nitrogens with two attached hydrogens (primary N) is 1. The highest BCUT2D eigenvalue weighted by Gasteiger charge is 2.08. The second kappa shape index (κ2) is 8.15. The molecule has 0 heterocycles. The molecule has 0 saturated carbocycles. The van der Waals surface area contributed by atoms with E-state index in [0.717, 1.165) is 6.42 Å². The van der Waals surface area contributed by atoms with Crippen molar-refractivity contribution in [1.82, 2.24) is 0 Å². The fourth-order valence-electron chi connectivity index (χ4n) is 1.80. The predicted molar refractivity (Wildman–Crippen MR) is 70.0 cm³/mol. The van der Waals surface area contributed by atoms with Gasteiger partial charge in [-0.25, -0.2) is 0 Å². The molecule has 0 radical (unpaired) electrons. The first-order chi connectivity index (χ1) is 6.95. The molecule has 0 rings (SSSR count). The lowest BCUT2D eigenvalue weighted by Crippen LogP contribution is -2.17. The van der Waals surface area contributed by atoms with Crippen LogP contribution in [0, 0.1) is 5.41 Å². The molecule has 15 heavy (non-hydrogen) atoms. The molecule has 0 aromatic rings. The van der Waals surface area contributed by atoms with E-state index in [0.29, 0.717) is 11.5 Å². The Balaban J connectivity index is 3.12. The van der Waals surface area contributed by atoms with Crippen molar-refractivity contribution in [3.05, 3.63) is 0 Å².